The van der Waals surface area contributed by atoms with Gasteiger partial charge >= 0.3 is 6.18 Å². The third kappa shape index (κ3) is 2.41. The Bertz CT molecular complexity index is 615. The summed E-state index contributed by atoms with van der Waals surface area (Å²) in [6.45, 7) is 0.947. The van der Waals surface area contributed by atoms with Gasteiger partial charge in [0, 0.05) is 13.7 Å². The van der Waals surface area contributed by atoms with Crippen LogP contribution in [0.15, 0.2) is 18.2 Å². The smallest absolute Gasteiger partial charge is 0.383 e. The third-order valence-corrected chi connectivity index (χ3v) is 2.94. The Morgan fingerprint density at radius 1 is 1.39 bits per heavy atom. The van der Waals surface area contributed by atoms with Crippen molar-refractivity contribution in [1.29, 1.82) is 0 Å². The second-order valence-corrected chi connectivity index (χ2v) is 4.19. The summed E-state index contributed by atoms with van der Waals surface area (Å²) in [5.41, 5.74) is 0.334. The summed E-state index contributed by atoms with van der Waals surface area (Å²) in [4.78, 5) is 2.77. The van der Waals surface area contributed by atoms with E-state index < -0.39 is 11.7 Å². The molecule has 1 aromatic carbocycles. The van der Waals surface area contributed by atoms with E-state index in [4.69, 9.17) is 17.0 Å². The highest BCUT2D eigenvalue weighted by molar-refractivity contribution is 7.71. The molecule has 1 N–H and O–H groups in total. The molecule has 2 rings (SSSR count). The number of aromatic nitrogens is 2. The monoisotopic (exact) mass is 276 g/mol. The van der Waals surface area contributed by atoms with Crippen molar-refractivity contribution in [3.63, 3.8) is 0 Å². The van der Waals surface area contributed by atoms with E-state index in [0.717, 1.165) is 12.1 Å². The highest BCUT2D eigenvalue weighted by Crippen LogP contribution is 2.31. The molecule has 0 saturated carbocycles. The average molecular weight is 276 g/mol. The Balaban J connectivity index is 2.51. The second kappa shape index (κ2) is 4.74. The van der Waals surface area contributed by atoms with Gasteiger partial charge in [-0.3, -0.25) is 0 Å². The highest BCUT2D eigenvalue weighted by atomic mass is 32.1. The van der Waals surface area contributed by atoms with Gasteiger partial charge in [-0.1, -0.05) is 0 Å². The summed E-state index contributed by atoms with van der Waals surface area (Å²) in [6.07, 6.45) is -4.35. The molecule has 0 fully saturated rings. The standard InChI is InChI=1S/C11H11F3N2OS/c1-17-5-4-16-9-3-2-7(11(12,13)14)6-8(9)15-10(16)18/h2-3,6H,4-5H2,1H3,(H,15,18). The van der Waals surface area contributed by atoms with E-state index in [9.17, 15) is 13.2 Å². The number of rotatable bonds is 3. The van der Waals surface area contributed by atoms with Gasteiger partial charge in [-0.05, 0) is 30.4 Å². The van der Waals surface area contributed by atoms with E-state index >= 15 is 0 Å². The summed E-state index contributed by atoms with van der Waals surface area (Å²) < 4.78 is 44.7. The van der Waals surface area contributed by atoms with E-state index in [-0.39, 0.29) is 0 Å². The maximum absolute atomic E-state index is 12.6. The van der Waals surface area contributed by atoms with Crippen LogP contribution in [0.3, 0.4) is 0 Å². The molecule has 1 heterocycles. The van der Waals surface area contributed by atoms with Crippen molar-refractivity contribution < 1.29 is 17.9 Å². The van der Waals surface area contributed by atoms with E-state index in [0.29, 0.717) is 29.0 Å². The number of methoxy groups -OCH3 is 1. The molecule has 7 heteroatoms. The highest BCUT2D eigenvalue weighted by Gasteiger charge is 2.30. The molecule has 18 heavy (non-hydrogen) atoms. The molecule has 2 aromatic rings. The lowest BCUT2D eigenvalue weighted by atomic mass is 10.2. The van der Waals surface area contributed by atoms with Gasteiger partial charge in [0.2, 0.25) is 0 Å². The number of benzene rings is 1. The Morgan fingerprint density at radius 3 is 2.72 bits per heavy atom. The topological polar surface area (TPSA) is 29.9 Å². The zero-order valence-electron chi connectivity index (χ0n) is 9.54. The van der Waals surface area contributed by atoms with Crippen molar-refractivity contribution in [3.8, 4) is 0 Å². The summed E-state index contributed by atoms with van der Waals surface area (Å²) in [5, 5.41) is 0. The fraction of sp³-hybridized carbons (Fsp3) is 0.364. The lowest BCUT2D eigenvalue weighted by molar-refractivity contribution is -0.137. The van der Waals surface area contributed by atoms with E-state index in [2.05, 4.69) is 4.98 Å². The van der Waals surface area contributed by atoms with Crippen molar-refractivity contribution in [2.24, 2.45) is 0 Å². The van der Waals surface area contributed by atoms with Gasteiger partial charge in [0.25, 0.3) is 0 Å². The lowest BCUT2D eigenvalue weighted by Crippen LogP contribution is -2.05. The number of imidazole rings is 1. The average Bonchev–Trinajstić information content (AvgIpc) is 2.60. The van der Waals surface area contributed by atoms with Crippen LogP contribution in [0.25, 0.3) is 11.0 Å². The summed E-state index contributed by atoms with van der Waals surface area (Å²) in [7, 11) is 1.56. The largest absolute Gasteiger partial charge is 0.416 e. The quantitative estimate of drug-likeness (QED) is 0.871. The van der Waals surface area contributed by atoms with Gasteiger partial charge in [0.05, 0.1) is 23.2 Å². The minimum atomic E-state index is -4.35. The number of hydrogen-bond donors (Lipinski definition) is 1. The van der Waals surface area contributed by atoms with Crippen LogP contribution in [-0.2, 0) is 17.5 Å². The number of nitrogens with one attached hydrogen (secondary N) is 1. The minimum absolute atomic E-state index is 0.380. The molecule has 3 nitrogen and oxygen atoms in total. The van der Waals surface area contributed by atoms with Crippen LogP contribution in [0.2, 0.25) is 0 Å². The molecular weight excluding hydrogens is 265 g/mol. The number of ether oxygens (including phenoxy) is 1. The van der Waals surface area contributed by atoms with E-state index in [1.165, 1.54) is 6.07 Å². The van der Waals surface area contributed by atoms with Crippen LogP contribution in [0.5, 0.6) is 0 Å². The van der Waals surface area contributed by atoms with Crippen molar-refractivity contribution in [2.75, 3.05) is 13.7 Å². The normalized spacial score (nSPS) is 12.2. The molecule has 0 unspecified atom stereocenters. The molecule has 0 spiro atoms. The SMILES string of the molecule is COCCn1c(=S)[nH]c2cc(C(F)(F)F)ccc21. The van der Waals surface area contributed by atoms with Gasteiger partial charge in [0.15, 0.2) is 4.77 Å². The van der Waals surface area contributed by atoms with Crippen LogP contribution < -0.4 is 0 Å². The molecule has 0 atom stereocenters. The van der Waals surface area contributed by atoms with Crippen LogP contribution in [-0.4, -0.2) is 23.3 Å². The second-order valence-electron chi connectivity index (χ2n) is 3.80. The Morgan fingerprint density at radius 2 is 2.11 bits per heavy atom. The Labute approximate surface area is 106 Å². The predicted octanol–water partition coefficient (Wildman–Crippen LogP) is 3.36. The Kier molecular flexibility index (Phi) is 3.45. The van der Waals surface area contributed by atoms with Gasteiger partial charge in [0.1, 0.15) is 0 Å². The maximum Gasteiger partial charge on any atom is 0.416 e. The van der Waals surface area contributed by atoms with E-state index in [1.807, 2.05) is 0 Å². The summed E-state index contributed by atoms with van der Waals surface area (Å²) in [6, 6.07) is 3.53. The molecule has 0 aliphatic carbocycles. The first kappa shape index (κ1) is 13.1. The number of fused-ring (bicyclic) bond motifs is 1. The molecule has 0 aliphatic rings. The molecule has 98 valence electrons. The minimum Gasteiger partial charge on any atom is -0.383 e. The maximum atomic E-state index is 12.6. The fourth-order valence-corrected chi connectivity index (χ4v) is 2.04. The van der Waals surface area contributed by atoms with Crippen molar-refractivity contribution >= 4 is 23.3 Å². The van der Waals surface area contributed by atoms with Gasteiger partial charge in [-0.25, -0.2) is 0 Å². The van der Waals surface area contributed by atoms with Crippen molar-refractivity contribution in [3.05, 3.63) is 28.5 Å². The van der Waals surface area contributed by atoms with Gasteiger partial charge in [-0.15, -0.1) is 0 Å². The predicted molar refractivity (Wildman–Crippen MR) is 64.0 cm³/mol. The van der Waals surface area contributed by atoms with Crippen LogP contribution in [0.1, 0.15) is 5.56 Å². The number of halogens is 3. The lowest BCUT2D eigenvalue weighted by Gasteiger charge is -2.07. The fourth-order valence-electron chi connectivity index (χ4n) is 1.74. The first-order valence-corrected chi connectivity index (χ1v) is 5.63. The van der Waals surface area contributed by atoms with Gasteiger partial charge < -0.3 is 14.3 Å². The summed E-state index contributed by atoms with van der Waals surface area (Å²) >= 11 is 5.07. The number of alkyl halides is 3. The number of H-pyrrole nitrogens is 1. The zero-order chi connectivity index (χ0) is 13.3. The van der Waals surface area contributed by atoms with Gasteiger partial charge in [-0.2, -0.15) is 13.2 Å². The molecule has 0 saturated heterocycles. The number of aromatic amines is 1. The van der Waals surface area contributed by atoms with Crippen LogP contribution in [0, 0.1) is 4.77 Å². The summed E-state index contributed by atoms with van der Waals surface area (Å²) in [5.74, 6) is 0. The Hall–Kier alpha value is -1.34. The third-order valence-electron chi connectivity index (χ3n) is 2.62. The number of hydrogen-bond acceptors (Lipinski definition) is 2. The zero-order valence-corrected chi connectivity index (χ0v) is 10.4. The van der Waals surface area contributed by atoms with Crippen molar-refractivity contribution in [1.82, 2.24) is 9.55 Å². The van der Waals surface area contributed by atoms with Crippen molar-refractivity contribution in [2.45, 2.75) is 12.7 Å². The molecular formula is C11H11F3N2OS. The molecule has 0 aliphatic heterocycles. The molecule has 0 bridgehead atoms. The number of nitrogens with zero attached hydrogens (tertiary/aromatic N) is 1. The molecule has 0 radical (unpaired) electrons. The molecule has 1 aromatic heterocycles. The van der Waals surface area contributed by atoms with Crippen LogP contribution >= 0.6 is 12.2 Å². The van der Waals surface area contributed by atoms with Crippen LogP contribution in [0.4, 0.5) is 13.2 Å². The molecule has 0 amide bonds. The first-order valence-electron chi connectivity index (χ1n) is 5.22. The van der Waals surface area contributed by atoms with E-state index in [1.54, 1.807) is 11.7 Å². The first-order chi connectivity index (χ1) is 8.43.